The Labute approximate surface area is 127 Å². The van der Waals surface area contributed by atoms with E-state index in [-0.39, 0.29) is 5.56 Å². The molecular formula is C14H10Br2O3. The molecule has 0 radical (unpaired) electrons. The number of carboxylic acid groups (broad SMARTS) is 1. The number of aromatic carboxylic acids is 1. The molecule has 2 aromatic carbocycles. The summed E-state index contributed by atoms with van der Waals surface area (Å²) in [4.78, 5) is 11.2. The van der Waals surface area contributed by atoms with Gasteiger partial charge in [0, 0.05) is 8.95 Å². The lowest BCUT2D eigenvalue weighted by atomic mass is 10.2. The van der Waals surface area contributed by atoms with Crippen molar-refractivity contribution in [1.29, 1.82) is 0 Å². The van der Waals surface area contributed by atoms with Crippen LogP contribution in [0.25, 0.3) is 0 Å². The number of aryl methyl sites for hydroxylation is 1. The molecule has 0 saturated heterocycles. The van der Waals surface area contributed by atoms with E-state index in [4.69, 9.17) is 9.84 Å². The molecule has 0 spiro atoms. The highest BCUT2D eigenvalue weighted by Gasteiger charge is 2.13. The van der Waals surface area contributed by atoms with Crippen LogP contribution in [-0.2, 0) is 0 Å². The van der Waals surface area contributed by atoms with Crippen molar-refractivity contribution in [3.63, 3.8) is 0 Å². The Morgan fingerprint density at radius 2 is 1.63 bits per heavy atom. The molecule has 0 aromatic heterocycles. The van der Waals surface area contributed by atoms with Crippen LogP contribution < -0.4 is 4.74 Å². The predicted octanol–water partition coefficient (Wildman–Crippen LogP) is 5.01. The lowest BCUT2D eigenvalue weighted by molar-refractivity contribution is 0.0694. The quantitative estimate of drug-likeness (QED) is 0.807. The van der Waals surface area contributed by atoms with Gasteiger partial charge in [0.25, 0.3) is 0 Å². The largest absolute Gasteiger partial charge is 0.478 e. The number of ether oxygens (including phenoxy) is 1. The van der Waals surface area contributed by atoms with Crippen molar-refractivity contribution >= 4 is 37.8 Å². The van der Waals surface area contributed by atoms with Crippen molar-refractivity contribution in [3.8, 4) is 11.5 Å². The highest BCUT2D eigenvalue weighted by atomic mass is 79.9. The second kappa shape index (κ2) is 5.75. The first-order valence-corrected chi connectivity index (χ1v) is 7.03. The van der Waals surface area contributed by atoms with Crippen LogP contribution in [0.4, 0.5) is 0 Å². The lowest BCUT2D eigenvalue weighted by Gasteiger charge is -2.11. The van der Waals surface area contributed by atoms with Crippen molar-refractivity contribution in [2.75, 3.05) is 0 Å². The van der Waals surface area contributed by atoms with Crippen LogP contribution in [0.1, 0.15) is 15.9 Å². The zero-order chi connectivity index (χ0) is 14.0. The molecule has 0 atom stereocenters. The summed E-state index contributed by atoms with van der Waals surface area (Å²) in [7, 11) is 0. The molecule has 0 saturated carbocycles. The van der Waals surface area contributed by atoms with E-state index in [0.717, 1.165) is 14.5 Å². The van der Waals surface area contributed by atoms with Gasteiger partial charge in [0.1, 0.15) is 17.1 Å². The minimum absolute atomic E-state index is 0.127. The molecular weight excluding hydrogens is 376 g/mol. The number of rotatable bonds is 3. The van der Waals surface area contributed by atoms with E-state index in [2.05, 4.69) is 31.9 Å². The van der Waals surface area contributed by atoms with Crippen LogP contribution in [0.3, 0.4) is 0 Å². The first-order valence-electron chi connectivity index (χ1n) is 5.44. The van der Waals surface area contributed by atoms with Crippen LogP contribution in [0, 0.1) is 6.92 Å². The van der Waals surface area contributed by atoms with E-state index in [9.17, 15) is 4.79 Å². The smallest absolute Gasteiger partial charge is 0.339 e. The molecule has 98 valence electrons. The monoisotopic (exact) mass is 384 g/mol. The van der Waals surface area contributed by atoms with Crippen LogP contribution in [0.15, 0.2) is 45.3 Å². The first-order chi connectivity index (χ1) is 8.97. The molecule has 2 rings (SSSR count). The third-order valence-electron chi connectivity index (χ3n) is 2.54. The summed E-state index contributed by atoms with van der Waals surface area (Å²) < 4.78 is 7.36. The van der Waals surface area contributed by atoms with Crippen LogP contribution >= 0.6 is 31.9 Å². The molecule has 3 nitrogen and oxygen atoms in total. The normalized spacial score (nSPS) is 10.3. The number of hydrogen-bond donors (Lipinski definition) is 1. The minimum atomic E-state index is -1.02. The molecule has 0 aliphatic heterocycles. The Hall–Kier alpha value is -1.33. The van der Waals surface area contributed by atoms with Gasteiger partial charge in [0.05, 0.1) is 0 Å². The van der Waals surface area contributed by atoms with Gasteiger partial charge >= 0.3 is 5.97 Å². The number of halogens is 2. The van der Waals surface area contributed by atoms with Crippen LogP contribution in [0.2, 0.25) is 0 Å². The first kappa shape index (κ1) is 14.1. The van der Waals surface area contributed by atoms with E-state index in [1.54, 1.807) is 12.1 Å². The van der Waals surface area contributed by atoms with Gasteiger partial charge in [-0.1, -0.05) is 37.9 Å². The third-order valence-corrected chi connectivity index (χ3v) is 3.53. The van der Waals surface area contributed by atoms with Crippen molar-refractivity contribution in [1.82, 2.24) is 0 Å². The summed E-state index contributed by atoms with van der Waals surface area (Å²) in [6, 6.07) is 10.4. The summed E-state index contributed by atoms with van der Waals surface area (Å²) in [5, 5.41) is 9.15. The lowest BCUT2D eigenvalue weighted by Crippen LogP contribution is -2.00. The third kappa shape index (κ3) is 3.36. The predicted molar refractivity (Wildman–Crippen MR) is 80.1 cm³/mol. The summed E-state index contributed by atoms with van der Waals surface area (Å²) in [6.45, 7) is 1.90. The molecule has 0 heterocycles. The molecule has 19 heavy (non-hydrogen) atoms. The Morgan fingerprint density at radius 3 is 2.26 bits per heavy atom. The van der Waals surface area contributed by atoms with Gasteiger partial charge in [-0.25, -0.2) is 4.79 Å². The van der Waals surface area contributed by atoms with E-state index < -0.39 is 5.97 Å². The van der Waals surface area contributed by atoms with Crippen molar-refractivity contribution < 1.29 is 14.6 Å². The zero-order valence-electron chi connectivity index (χ0n) is 9.98. The summed E-state index contributed by atoms with van der Waals surface area (Å²) in [5.74, 6) is -0.0896. The second-order valence-electron chi connectivity index (χ2n) is 3.96. The second-order valence-corrected chi connectivity index (χ2v) is 5.79. The van der Waals surface area contributed by atoms with Gasteiger partial charge in [0.2, 0.25) is 0 Å². The maximum atomic E-state index is 11.2. The van der Waals surface area contributed by atoms with Crippen molar-refractivity contribution in [2.24, 2.45) is 0 Å². The fourth-order valence-corrected chi connectivity index (χ4v) is 2.24. The summed E-state index contributed by atoms with van der Waals surface area (Å²) in [5.41, 5.74) is 1.06. The molecule has 1 N–H and O–H groups in total. The number of benzene rings is 2. The van der Waals surface area contributed by atoms with E-state index in [1.807, 2.05) is 25.1 Å². The Bertz CT molecular complexity index is 639. The Balaban J connectivity index is 2.45. The van der Waals surface area contributed by atoms with Gasteiger partial charge in [0.15, 0.2) is 0 Å². The van der Waals surface area contributed by atoms with Crippen LogP contribution in [0.5, 0.6) is 11.5 Å². The summed E-state index contributed by atoms with van der Waals surface area (Å²) in [6.07, 6.45) is 0. The average molecular weight is 386 g/mol. The number of carbonyl (C=O) groups is 1. The Morgan fingerprint density at radius 1 is 1.05 bits per heavy atom. The molecule has 5 heteroatoms. The molecule has 0 unspecified atom stereocenters. The fourth-order valence-electron chi connectivity index (χ4n) is 1.56. The summed E-state index contributed by atoms with van der Waals surface area (Å²) >= 11 is 6.68. The van der Waals surface area contributed by atoms with Gasteiger partial charge < -0.3 is 9.84 Å². The molecule has 0 fully saturated rings. The van der Waals surface area contributed by atoms with Gasteiger partial charge in [-0.3, -0.25) is 0 Å². The Kier molecular flexibility index (Phi) is 4.27. The van der Waals surface area contributed by atoms with Crippen LogP contribution in [-0.4, -0.2) is 11.1 Å². The van der Waals surface area contributed by atoms with Crippen molar-refractivity contribution in [3.05, 3.63) is 56.5 Å². The SMILES string of the molecule is Cc1ccc(Br)cc1Oc1cc(Br)ccc1C(=O)O. The maximum Gasteiger partial charge on any atom is 0.339 e. The molecule has 0 amide bonds. The fraction of sp³-hybridized carbons (Fsp3) is 0.0714. The zero-order valence-corrected chi connectivity index (χ0v) is 13.2. The minimum Gasteiger partial charge on any atom is -0.478 e. The number of carboxylic acids is 1. The standard InChI is InChI=1S/C14H10Br2O3/c1-8-2-3-9(15)6-12(8)19-13-7-10(16)4-5-11(13)14(17)18/h2-7H,1H3,(H,17,18). The molecule has 0 aliphatic carbocycles. The van der Waals surface area contributed by atoms with Crippen molar-refractivity contribution in [2.45, 2.75) is 6.92 Å². The van der Waals surface area contributed by atoms with E-state index >= 15 is 0 Å². The molecule has 0 aliphatic rings. The van der Waals surface area contributed by atoms with E-state index in [0.29, 0.717) is 11.5 Å². The number of hydrogen-bond acceptors (Lipinski definition) is 2. The van der Waals surface area contributed by atoms with Gasteiger partial charge in [-0.2, -0.15) is 0 Å². The topological polar surface area (TPSA) is 46.5 Å². The van der Waals surface area contributed by atoms with E-state index in [1.165, 1.54) is 6.07 Å². The average Bonchev–Trinajstić information content (AvgIpc) is 2.33. The highest BCUT2D eigenvalue weighted by Crippen LogP contribution is 2.32. The highest BCUT2D eigenvalue weighted by molar-refractivity contribution is 9.10. The molecule has 2 aromatic rings. The maximum absolute atomic E-state index is 11.2. The van der Waals surface area contributed by atoms with Gasteiger partial charge in [-0.15, -0.1) is 0 Å². The van der Waals surface area contributed by atoms with Gasteiger partial charge in [-0.05, 0) is 42.8 Å². The molecule has 0 bridgehead atoms.